The number of aliphatic carboxylic acids is 1. The van der Waals surface area contributed by atoms with E-state index in [0.29, 0.717) is 11.7 Å². The fourth-order valence-electron chi connectivity index (χ4n) is 1.83. The van der Waals surface area contributed by atoms with E-state index in [9.17, 15) is 9.59 Å². The first kappa shape index (κ1) is 12.5. The monoisotopic (exact) mass is 253 g/mol. The van der Waals surface area contributed by atoms with Crippen molar-refractivity contribution in [3.63, 3.8) is 0 Å². The Morgan fingerprint density at radius 3 is 2.83 bits per heavy atom. The highest BCUT2D eigenvalue weighted by atomic mass is 16.5. The minimum absolute atomic E-state index is 0.0459. The molecule has 1 atom stereocenters. The van der Waals surface area contributed by atoms with Crippen molar-refractivity contribution in [1.82, 2.24) is 15.0 Å². The van der Waals surface area contributed by atoms with Crippen molar-refractivity contribution in [3.8, 4) is 0 Å². The van der Waals surface area contributed by atoms with Crippen LogP contribution in [-0.2, 0) is 16.1 Å². The second-order valence-electron chi connectivity index (χ2n) is 4.72. The number of likely N-dealkylation sites (tertiary alicyclic amines) is 1. The normalized spacial score (nSPS) is 19.8. The third-order valence-corrected chi connectivity index (χ3v) is 2.87. The SMILES string of the molecule is CC(C)c1nc(CN2CC(C(=O)O)CC2=O)no1. The van der Waals surface area contributed by atoms with E-state index in [1.807, 2.05) is 13.8 Å². The summed E-state index contributed by atoms with van der Waals surface area (Å²) in [5.74, 6) is -0.689. The summed E-state index contributed by atoms with van der Waals surface area (Å²) < 4.78 is 5.03. The van der Waals surface area contributed by atoms with E-state index in [2.05, 4.69) is 10.1 Å². The number of carbonyl (C=O) groups excluding carboxylic acids is 1. The zero-order valence-corrected chi connectivity index (χ0v) is 10.3. The van der Waals surface area contributed by atoms with Crippen LogP contribution in [0.25, 0.3) is 0 Å². The van der Waals surface area contributed by atoms with Gasteiger partial charge in [0.2, 0.25) is 11.8 Å². The Hall–Kier alpha value is -1.92. The predicted molar refractivity (Wildman–Crippen MR) is 59.5 cm³/mol. The van der Waals surface area contributed by atoms with Crippen molar-refractivity contribution in [2.45, 2.75) is 32.7 Å². The molecule has 7 heteroatoms. The molecule has 1 aromatic heterocycles. The Bertz CT molecular complexity index is 469. The number of aromatic nitrogens is 2. The van der Waals surface area contributed by atoms with E-state index in [1.54, 1.807) is 0 Å². The van der Waals surface area contributed by atoms with Gasteiger partial charge in [0.25, 0.3) is 0 Å². The lowest BCUT2D eigenvalue weighted by Gasteiger charge is -2.12. The van der Waals surface area contributed by atoms with Gasteiger partial charge in [-0.25, -0.2) is 0 Å². The van der Waals surface area contributed by atoms with Crippen LogP contribution in [0.2, 0.25) is 0 Å². The van der Waals surface area contributed by atoms with Gasteiger partial charge in [0.05, 0.1) is 12.5 Å². The lowest BCUT2D eigenvalue weighted by atomic mass is 10.1. The minimum Gasteiger partial charge on any atom is -0.481 e. The van der Waals surface area contributed by atoms with Crippen LogP contribution in [0.15, 0.2) is 4.52 Å². The highest BCUT2D eigenvalue weighted by Gasteiger charge is 2.34. The molecular weight excluding hydrogens is 238 g/mol. The number of carboxylic acids is 1. The topological polar surface area (TPSA) is 96.5 Å². The molecule has 1 N–H and O–H groups in total. The van der Waals surface area contributed by atoms with Gasteiger partial charge in [-0.15, -0.1) is 0 Å². The molecule has 7 nitrogen and oxygen atoms in total. The number of hydrogen-bond donors (Lipinski definition) is 1. The molecule has 1 saturated heterocycles. The molecule has 1 aliphatic heterocycles. The number of nitrogens with zero attached hydrogens (tertiary/aromatic N) is 3. The minimum atomic E-state index is -0.943. The van der Waals surface area contributed by atoms with Gasteiger partial charge >= 0.3 is 5.97 Å². The van der Waals surface area contributed by atoms with Gasteiger partial charge in [0.15, 0.2) is 5.82 Å². The largest absolute Gasteiger partial charge is 0.481 e. The highest BCUT2D eigenvalue weighted by molar-refractivity contribution is 5.85. The Kier molecular flexibility index (Phi) is 3.31. The molecule has 0 radical (unpaired) electrons. The molecular formula is C11H15N3O4. The molecule has 1 unspecified atom stereocenters. The van der Waals surface area contributed by atoms with Crippen LogP contribution in [0.4, 0.5) is 0 Å². The average Bonchev–Trinajstić information content (AvgIpc) is 2.87. The molecule has 0 spiro atoms. The van der Waals surface area contributed by atoms with Crippen LogP contribution in [0.5, 0.6) is 0 Å². The van der Waals surface area contributed by atoms with Gasteiger partial charge in [-0.05, 0) is 0 Å². The number of amides is 1. The molecule has 1 fully saturated rings. The number of carbonyl (C=O) groups is 2. The van der Waals surface area contributed by atoms with E-state index >= 15 is 0 Å². The second kappa shape index (κ2) is 4.75. The maximum Gasteiger partial charge on any atom is 0.308 e. The first-order valence-electron chi connectivity index (χ1n) is 5.80. The molecule has 98 valence electrons. The summed E-state index contributed by atoms with van der Waals surface area (Å²) in [6, 6.07) is 0. The van der Waals surface area contributed by atoms with Gasteiger partial charge in [0.1, 0.15) is 0 Å². The standard InChI is InChI=1S/C11H15N3O4/c1-6(2)10-12-8(13-18-10)5-14-4-7(11(16)17)3-9(14)15/h6-7H,3-5H2,1-2H3,(H,16,17). The van der Waals surface area contributed by atoms with E-state index in [-0.39, 0.29) is 31.3 Å². The van der Waals surface area contributed by atoms with E-state index in [1.165, 1.54) is 4.90 Å². The van der Waals surface area contributed by atoms with Gasteiger partial charge < -0.3 is 14.5 Å². The third-order valence-electron chi connectivity index (χ3n) is 2.87. The fraction of sp³-hybridized carbons (Fsp3) is 0.636. The lowest BCUT2D eigenvalue weighted by molar-refractivity contribution is -0.141. The number of rotatable bonds is 4. The van der Waals surface area contributed by atoms with Crippen LogP contribution in [0.3, 0.4) is 0 Å². The van der Waals surface area contributed by atoms with Crippen molar-refractivity contribution in [3.05, 3.63) is 11.7 Å². The molecule has 0 aliphatic carbocycles. The molecule has 0 aromatic carbocycles. The van der Waals surface area contributed by atoms with Crippen LogP contribution in [-0.4, -0.2) is 38.6 Å². The maximum atomic E-state index is 11.6. The van der Waals surface area contributed by atoms with Crippen molar-refractivity contribution in [2.24, 2.45) is 5.92 Å². The second-order valence-corrected chi connectivity index (χ2v) is 4.72. The zero-order chi connectivity index (χ0) is 13.3. The van der Waals surface area contributed by atoms with Gasteiger partial charge in [-0.1, -0.05) is 19.0 Å². The predicted octanol–water partition coefficient (Wildman–Crippen LogP) is 0.626. The van der Waals surface area contributed by atoms with Crippen molar-refractivity contribution < 1.29 is 19.2 Å². The first-order valence-corrected chi connectivity index (χ1v) is 5.80. The quantitative estimate of drug-likeness (QED) is 0.845. The number of carboxylic acid groups (broad SMARTS) is 1. The molecule has 2 heterocycles. The van der Waals surface area contributed by atoms with Crippen molar-refractivity contribution in [2.75, 3.05) is 6.54 Å². The summed E-state index contributed by atoms with van der Waals surface area (Å²) in [5.41, 5.74) is 0. The van der Waals surface area contributed by atoms with E-state index in [4.69, 9.17) is 9.63 Å². The highest BCUT2D eigenvalue weighted by Crippen LogP contribution is 2.20. The average molecular weight is 253 g/mol. The van der Waals surface area contributed by atoms with Gasteiger partial charge in [-0.2, -0.15) is 4.98 Å². The smallest absolute Gasteiger partial charge is 0.308 e. The number of hydrogen-bond acceptors (Lipinski definition) is 5. The summed E-state index contributed by atoms with van der Waals surface area (Å²) in [6.45, 7) is 4.27. The van der Waals surface area contributed by atoms with Crippen LogP contribution >= 0.6 is 0 Å². The molecule has 1 amide bonds. The molecule has 1 aromatic rings. The third kappa shape index (κ3) is 2.49. The Morgan fingerprint density at radius 2 is 2.33 bits per heavy atom. The van der Waals surface area contributed by atoms with Crippen LogP contribution < -0.4 is 0 Å². The van der Waals surface area contributed by atoms with Crippen LogP contribution in [0, 0.1) is 5.92 Å². The van der Waals surface area contributed by atoms with Gasteiger partial charge in [0, 0.05) is 18.9 Å². The fourth-order valence-corrected chi connectivity index (χ4v) is 1.83. The summed E-state index contributed by atoms with van der Waals surface area (Å²) in [5, 5.41) is 12.6. The summed E-state index contributed by atoms with van der Waals surface area (Å²) in [4.78, 5) is 28.0. The molecule has 0 saturated carbocycles. The Morgan fingerprint density at radius 1 is 1.61 bits per heavy atom. The Balaban J connectivity index is 2.01. The molecule has 0 bridgehead atoms. The lowest BCUT2D eigenvalue weighted by Crippen LogP contribution is -2.26. The summed E-state index contributed by atoms with van der Waals surface area (Å²) in [6.07, 6.45) is 0.0459. The molecule has 18 heavy (non-hydrogen) atoms. The van der Waals surface area contributed by atoms with Crippen LogP contribution in [0.1, 0.15) is 37.9 Å². The zero-order valence-electron chi connectivity index (χ0n) is 10.3. The van der Waals surface area contributed by atoms with E-state index < -0.39 is 11.9 Å². The maximum absolute atomic E-state index is 11.6. The van der Waals surface area contributed by atoms with Gasteiger partial charge in [-0.3, -0.25) is 9.59 Å². The van der Waals surface area contributed by atoms with E-state index in [0.717, 1.165) is 0 Å². The van der Waals surface area contributed by atoms with Crippen molar-refractivity contribution in [1.29, 1.82) is 0 Å². The Labute approximate surface area is 104 Å². The van der Waals surface area contributed by atoms with Crippen molar-refractivity contribution >= 4 is 11.9 Å². The first-order chi connectivity index (χ1) is 8.47. The molecule has 1 aliphatic rings. The summed E-state index contributed by atoms with van der Waals surface area (Å²) >= 11 is 0. The summed E-state index contributed by atoms with van der Waals surface area (Å²) in [7, 11) is 0. The molecule has 2 rings (SSSR count).